The monoisotopic (exact) mass is 205 g/mol. The zero-order valence-electron chi connectivity index (χ0n) is 7.63. The second-order valence-corrected chi connectivity index (χ2v) is 3.72. The van der Waals surface area contributed by atoms with Crippen molar-refractivity contribution >= 4 is 11.5 Å². The number of nitrogens with zero attached hydrogens (tertiary/aromatic N) is 2. The van der Waals surface area contributed by atoms with E-state index >= 15 is 0 Å². The lowest BCUT2D eigenvalue weighted by Gasteiger charge is -2.07. The summed E-state index contributed by atoms with van der Waals surface area (Å²) in [7, 11) is 0. The van der Waals surface area contributed by atoms with Crippen LogP contribution in [0.15, 0.2) is 35.8 Å². The fourth-order valence-electron chi connectivity index (χ4n) is 1.26. The van der Waals surface area contributed by atoms with Gasteiger partial charge in [0.2, 0.25) is 0 Å². The first-order chi connectivity index (χ1) is 6.86. The first-order valence-electron chi connectivity index (χ1n) is 4.42. The number of hydrogen-bond acceptors (Lipinski definition) is 4. The van der Waals surface area contributed by atoms with Gasteiger partial charge in [-0.1, -0.05) is 6.07 Å². The van der Waals surface area contributed by atoms with Crippen LogP contribution in [0, 0.1) is 0 Å². The Morgan fingerprint density at radius 3 is 2.93 bits per heavy atom. The second-order valence-electron chi connectivity index (χ2n) is 3.06. The van der Waals surface area contributed by atoms with Crippen molar-refractivity contribution < 1.29 is 0 Å². The fourth-order valence-corrected chi connectivity index (χ4v) is 1.84. The van der Waals surface area contributed by atoms with E-state index in [-0.39, 0.29) is 6.04 Å². The van der Waals surface area contributed by atoms with Crippen LogP contribution in [0.2, 0.25) is 0 Å². The summed E-state index contributed by atoms with van der Waals surface area (Å²) in [5.74, 6) is 0. The molecule has 72 valence electrons. The van der Waals surface area contributed by atoms with Crippen LogP contribution in [0.1, 0.15) is 17.4 Å². The summed E-state index contributed by atoms with van der Waals surface area (Å²) < 4.78 is 4.20. The minimum Gasteiger partial charge on any atom is -0.322 e. The van der Waals surface area contributed by atoms with Gasteiger partial charge in [0.15, 0.2) is 0 Å². The van der Waals surface area contributed by atoms with Gasteiger partial charge in [0.05, 0.1) is 11.7 Å². The number of aromatic nitrogens is 2. The van der Waals surface area contributed by atoms with Crippen molar-refractivity contribution in [1.29, 1.82) is 0 Å². The van der Waals surface area contributed by atoms with E-state index in [1.807, 2.05) is 29.6 Å². The number of nitrogens with two attached hydrogens (primary N) is 1. The van der Waals surface area contributed by atoms with E-state index in [0.29, 0.717) is 0 Å². The molecule has 1 atom stereocenters. The van der Waals surface area contributed by atoms with Gasteiger partial charge in [-0.2, -0.15) is 4.37 Å². The quantitative estimate of drug-likeness (QED) is 0.831. The molecular formula is C10H11N3S. The predicted molar refractivity (Wildman–Crippen MR) is 57.0 cm³/mol. The van der Waals surface area contributed by atoms with E-state index in [1.54, 1.807) is 6.20 Å². The average molecular weight is 205 g/mol. The van der Waals surface area contributed by atoms with Gasteiger partial charge < -0.3 is 5.73 Å². The third-order valence-corrected chi connectivity index (χ3v) is 2.57. The molecule has 0 aliphatic heterocycles. The first-order valence-corrected chi connectivity index (χ1v) is 5.25. The van der Waals surface area contributed by atoms with Crippen molar-refractivity contribution in [3.63, 3.8) is 0 Å². The Morgan fingerprint density at radius 1 is 1.36 bits per heavy atom. The molecule has 2 aromatic rings. The summed E-state index contributed by atoms with van der Waals surface area (Å²) >= 11 is 1.43. The van der Waals surface area contributed by atoms with E-state index in [4.69, 9.17) is 5.73 Å². The zero-order chi connectivity index (χ0) is 9.80. The van der Waals surface area contributed by atoms with Crippen LogP contribution < -0.4 is 5.73 Å². The highest BCUT2D eigenvalue weighted by Crippen LogP contribution is 2.13. The van der Waals surface area contributed by atoms with Crippen LogP contribution in [0.4, 0.5) is 0 Å². The molecule has 3 nitrogen and oxygen atoms in total. The van der Waals surface area contributed by atoms with Crippen LogP contribution in [0.25, 0.3) is 0 Å². The summed E-state index contributed by atoms with van der Waals surface area (Å²) in [5.41, 5.74) is 7.93. The molecule has 0 radical (unpaired) electrons. The van der Waals surface area contributed by atoms with Gasteiger partial charge in [-0.05, 0) is 29.7 Å². The molecule has 2 heterocycles. The molecule has 0 fully saturated rings. The number of rotatable bonds is 3. The lowest BCUT2D eigenvalue weighted by Crippen LogP contribution is -2.14. The van der Waals surface area contributed by atoms with E-state index in [2.05, 4.69) is 9.36 Å². The van der Waals surface area contributed by atoms with Gasteiger partial charge in [-0.15, -0.1) is 0 Å². The molecule has 4 heteroatoms. The summed E-state index contributed by atoms with van der Waals surface area (Å²) in [6, 6.07) is 7.76. The van der Waals surface area contributed by atoms with Crippen LogP contribution in [0.5, 0.6) is 0 Å². The van der Waals surface area contributed by atoms with Gasteiger partial charge in [0.1, 0.15) is 0 Å². The van der Waals surface area contributed by atoms with Crippen molar-refractivity contribution in [2.75, 3.05) is 0 Å². The van der Waals surface area contributed by atoms with Gasteiger partial charge in [0.25, 0.3) is 0 Å². The molecule has 2 N–H and O–H groups in total. The molecule has 0 saturated carbocycles. The molecule has 14 heavy (non-hydrogen) atoms. The van der Waals surface area contributed by atoms with Crippen molar-refractivity contribution in [3.8, 4) is 0 Å². The highest BCUT2D eigenvalue weighted by Gasteiger charge is 2.08. The second kappa shape index (κ2) is 4.30. The van der Waals surface area contributed by atoms with Gasteiger partial charge in [-0.25, -0.2) is 0 Å². The fraction of sp³-hybridized carbons (Fsp3) is 0.200. The summed E-state index contributed by atoms with van der Waals surface area (Å²) in [6.07, 6.45) is 2.52. The van der Waals surface area contributed by atoms with E-state index < -0.39 is 0 Å². The van der Waals surface area contributed by atoms with Crippen molar-refractivity contribution in [2.24, 2.45) is 5.73 Å². The molecule has 2 aromatic heterocycles. The summed E-state index contributed by atoms with van der Waals surface area (Å²) in [4.78, 5) is 4.22. The molecule has 0 bridgehead atoms. The molecule has 2 rings (SSSR count). The van der Waals surface area contributed by atoms with Gasteiger partial charge >= 0.3 is 0 Å². The molecule has 1 unspecified atom stereocenters. The summed E-state index contributed by atoms with van der Waals surface area (Å²) in [5, 5.41) is 1.94. The minimum absolute atomic E-state index is 0.0452. The van der Waals surface area contributed by atoms with Crippen molar-refractivity contribution in [3.05, 3.63) is 47.2 Å². The number of pyridine rings is 1. The maximum Gasteiger partial charge on any atom is 0.0713 e. The highest BCUT2D eigenvalue weighted by atomic mass is 32.1. The standard InChI is InChI=1S/C10H11N3S/c11-9(10-4-6-14-13-10)7-8-3-1-2-5-12-8/h1-6,9H,7,11H2. The van der Waals surface area contributed by atoms with Gasteiger partial charge in [0, 0.05) is 23.7 Å². The highest BCUT2D eigenvalue weighted by molar-refractivity contribution is 7.03. The molecule has 0 aliphatic carbocycles. The largest absolute Gasteiger partial charge is 0.322 e. The predicted octanol–water partition coefficient (Wildman–Crippen LogP) is 1.78. The van der Waals surface area contributed by atoms with E-state index in [9.17, 15) is 0 Å². The zero-order valence-corrected chi connectivity index (χ0v) is 8.45. The molecule has 0 aliphatic rings. The third kappa shape index (κ3) is 2.16. The normalized spacial score (nSPS) is 12.6. The molecule has 0 amide bonds. The third-order valence-electron chi connectivity index (χ3n) is 1.99. The maximum atomic E-state index is 5.98. The Morgan fingerprint density at radius 2 is 2.29 bits per heavy atom. The van der Waals surface area contributed by atoms with Crippen molar-refractivity contribution in [1.82, 2.24) is 9.36 Å². The average Bonchev–Trinajstić information content (AvgIpc) is 2.72. The topological polar surface area (TPSA) is 51.8 Å². The maximum absolute atomic E-state index is 5.98. The molecule has 0 saturated heterocycles. The Labute approximate surface area is 86.8 Å². The van der Waals surface area contributed by atoms with Crippen molar-refractivity contribution in [2.45, 2.75) is 12.5 Å². The Bertz CT molecular complexity index is 372. The summed E-state index contributed by atoms with van der Waals surface area (Å²) in [6.45, 7) is 0. The van der Waals surface area contributed by atoms with E-state index in [1.165, 1.54) is 11.5 Å². The van der Waals surface area contributed by atoms with Crippen LogP contribution in [0.3, 0.4) is 0 Å². The lowest BCUT2D eigenvalue weighted by molar-refractivity contribution is 0.692. The van der Waals surface area contributed by atoms with Crippen LogP contribution in [-0.4, -0.2) is 9.36 Å². The van der Waals surface area contributed by atoms with E-state index in [0.717, 1.165) is 17.8 Å². The molecular weight excluding hydrogens is 194 g/mol. The molecule has 0 spiro atoms. The SMILES string of the molecule is NC(Cc1ccccn1)c1ccsn1. The van der Waals surface area contributed by atoms with Gasteiger partial charge in [-0.3, -0.25) is 4.98 Å². The Hall–Kier alpha value is -1.26. The van der Waals surface area contributed by atoms with Crippen LogP contribution in [-0.2, 0) is 6.42 Å². The first kappa shape index (κ1) is 9.30. The molecule has 0 aromatic carbocycles. The Kier molecular flexibility index (Phi) is 2.86. The minimum atomic E-state index is -0.0452. The van der Waals surface area contributed by atoms with Crippen LogP contribution >= 0.6 is 11.5 Å². The Balaban J connectivity index is 2.06. The lowest BCUT2D eigenvalue weighted by atomic mass is 10.1. The smallest absolute Gasteiger partial charge is 0.0713 e. The number of hydrogen-bond donors (Lipinski definition) is 1.